The van der Waals surface area contributed by atoms with Crippen molar-refractivity contribution in [2.75, 3.05) is 13.2 Å². The van der Waals surface area contributed by atoms with Crippen LogP contribution < -0.4 is 5.32 Å². The molecule has 0 spiro atoms. The number of amides is 1. The second kappa shape index (κ2) is 8.10. The molecule has 0 rings (SSSR count). The molecule has 0 aliphatic carbocycles. The number of hydrogen-bond acceptors (Lipinski definition) is 3. The number of carboxylic acid groups (broad SMARTS) is 1. The summed E-state index contributed by atoms with van der Waals surface area (Å²) < 4.78 is 5.10. The largest absolute Gasteiger partial charge is 0.481 e. The molecule has 0 aromatic rings. The molecule has 0 aromatic heterocycles. The number of carbonyl (C=O) groups excluding carboxylic acids is 1. The normalized spacial score (nSPS) is 14.2. The number of aliphatic carboxylic acids is 1. The number of nitrogens with one attached hydrogen (secondary N) is 1. The van der Waals surface area contributed by atoms with Crippen LogP contribution in [0.15, 0.2) is 0 Å². The van der Waals surface area contributed by atoms with E-state index in [1.54, 1.807) is 13.8 Å². The van der Waals surface area contributed by atoms with E-state index in [0.29, 0.717) is 13.0 Å². The van der Waals surface area contributed by atoms with Gasteiger partial charge in [0, 0.05) is 13.2 Å². The van der Waals surface area contributed by atoms with Crippen molar-refractivity contribution in [3.05, 3.63) is 0 Å². The van der Waals surface area contributed by atoms with Crippen LogP contribution >= 0.6 is 0 Å². The third-order valence-electron chi connectivity index (χ3n) is 2.29. The Morgan fingerprint density at radius 1 is 1.38 bits per heavy atom. The fraction of sp³-hybridized carbons (Fsp3) is 0.818. The van der Waals surface area contributed by atoms with Crippen LogP contribution in [0.3, 0.4) is 0 Å². The molecule has 2 unspecified atom stereocenters. The summed E-state index contributed by atoms with van der Waals surface area (Å²) in [7, 11) is 0. The van der Waals surface area contributed by atoms with Crippen molar-refractivity contribution in [1.29, 1.82) is 0 Å². The third kappa shape index (κ3) is 5.70. The van der Waals surface area contributed by atoms with E-state index in [1.165, 1.54) is 0 Å². The molecule has 0 bridgehead atoms. The molecule has 94 valence electrons. The van der Waals surface area contributed by atoms with Crippen LogP contribution in [-0.2, 0) is 14.3 Å². The molecule has 0 fully saturated rings. The van der Waals surface area contributed by atoms with Crippen molar-refractivity contribution >= 4 is 11.9 Å². The second-order valence-corrected chi connectivity index (χ2v) is 3.67. The van der Waals surface area contributed by atoms with Crippen molar-refractivity contribution in [1.82, 2.24) is 5.32 Å². The van der Waals surface area contributed by atoms with E-state index >= 15 is 0 Å². The van der Waals surface area contributed by atoms with Crippen molar-refractivity contribution in [2.24, 2.45) is 5.92 Å². The molecule has 2 atom stereocenters. The summed E-state index contributed by atoms with van der Waals surface area (Å²) in [6.07, 6.45) is 0.827. The highest BCUT2D eigenvalue weighted by Crippen LogP contribution is 2.05. The van der Waals surface area contributed by atoms with Gasteiger partial charge in [0.1, 0.15) is 6.10 Å². The topological polar surface area (TPSA) is 75.6 Å². The average molecular weight is 231 g/mol. The summed E-state index contributed by atoms with van der Waals surface area (Å²) >= 11 is 0. The molecule has 16 heavy (non-hydrogen) atoms. The lowest BCUT2D eigenvalue weighted by molar-refractivity contribution is -0.142. The van der Waals surface area contributed by atoms with Crippen molar-refractivity contribution in [2.45, 2.75) is 39.7 Å². The summed E-state index contributed by atoms with van der Waals surface area (Å²) in [6.45, 7) is 6.00. The van der Waals surface area contributed by atoms with E-state index in [2.05, 4.69) is 5.32 Å². The lowest BCUT2D eigenvalue weighted by Crippen LogP contribution is -2.39. The van der Waals surface area contributed by atoms with Crippen molar-refractivity contribution < 1.29 is 19.4 Å². The predicted molar refractivity (Wildman–Crippen MR) is 60.1 cm³/mol. The number of carboxylic acids is 1. The summed E-state index contributed by atoms with van der Waals surface area (Å²) in [5.74, 6) is -1.64. The van der Waals surface area contributed by atoms with E-state index in [-0.39, 0.29) is 12.5 Å². The molecule has 0 aliphatic heterocycles. The lowest BCUT2D eigenvalue weighted by Gasteiger charge is -2.15. The van der Waals surface area contributed by atoms with Gasteiger partial charge in [-0.3, -0.25) is 9.59 Å². The highest BCUT2D eigenvalue weighted by molar-refractivity contribution is 5.81. The lowest BCUT2D eigenvalue weighted by atomic mass is 10.0. The first-order valence-electron chi connectivity index (χ1n) is 5.65. The van der Waals surface area contributed by atoms with Gasteiger partial charge in [-0.2, -0.15) is 0 Å². The minimum absolute atomic E-state index is 0.166. The van der Waals surface area contributed by atoms with Crippen molar-refractivity contribution in [3.63, 3.8) is 0 Å². The molecule has 5 nitrogen and oxygen atoms in total. The average Bonchev–Trinajstić information content (AvgIpc) is 2.23. The Hall–Kier alpha value is -1.10. The molecular weight excluding hydrogens is 210 g/mol. The van der Waals surface area contributed by atoms with Gasteiger partial charge < -0.3 is 15.2 Å². The van der Waals surface area contributed by atoms with Gasteiger partial charge in [-0.1, -0.05) is 13.3 Å². The van der Waals surface area contributed by atoms with Crippen LogP contribution in [0.4, 0.5) is 0 Å². The Labute approximate surface area is 96.2 Å². The van der Waals surface area contributed by atoms with E-state index in [4.69, 9.17) is 9.84 Å². The minimum Gasteiger partial charge on any atom is -0.481 e. The van der Waals surface area contributed by atoms with Gasteiger partial charge in [0.2, 0.25) is 5.91 Å². The van der Waals surface area contributed by atoms with Gasteiger partial charge in [-0.05, 0) is 20.3 Å². The Balaban J connectivity index is 4.00. The molecule has 0 aromatic carbocycles. The van der Waals surface area contributed by atoms with Crippen molar-refractivity contribution in [3.8, 4) is 0 Å². The van der Waals surface area contributed by atoms with Gasteiger partial charge in [0.05, 0.1) is 5.92 Å². The van der Waals surface area contributed by atoms with Gasteiger partial charge >= 0.3 is 5.97 Å². The minimum atomic E-state index is -0.869. The number of rotatable bonds is 8. The number of hydrogen-bond donors (Lipinski definition) is 2. The molecule has 1 amide bonds. The first-order valence-corrected chi connectivity index (χ1v) is 5.65. The standard InChI is InChI=1S/C11H21NO4/c1-4-6-9(11(14)15)7-12-10(13)8(3)16-5-2/h8-9H,4-7H2,1-3H3,(H,12,13)(H,14,15). The molecule has 0 saturated carbocycles. The molecule has 0 aliphatic rings. The monoisotopic (exact) mass is 231 g/mol. The van der Waals surface area contributed by atoms with Crippen LogP contribution in [-0.4, -0.2) is 36.2 Å². The van der Waals surface area contributed by atoms with Crippen LogP contribution in [0.25, 0.3) is 0 Å². The highest BCUT2D eigenvalue weighted by atomic mass is 16.5. The summed E-state index contributed by atoms with van der Waals surface area (Å²) in [5, 5.41) is 11.5. The zero-order valence-corrected chi connectivity index (χ0v) is 10.2. The van der Waals surface area contributed by atoms with E-state index in [0.717, 1.165) is 6.42 Å². The van der Waals surface area contributed by atoms with Gasteiger partial charge in [0.15, 0.2) is 0 Å². The first-order chi connectivity index (χ1) is 7.52. The first kappa shape index (κ1) is 14.9. The van der Waals surface area contributed by atoms with E-state index < -0.39 is 18.0 Å². The van der Waals surface area contributed by atoms with Gasteiger partial charge in [-0.15, -0.1) is 0 Å². The Bertz CT molecular complexity index is 230. The predicted octanol–water partition coefficient (Wildman–Crippen LogP) is 1.03. The maximum atomic E-state index is 11.4. The zero-order chi connectivity index (χ0) is 12.6. The quantitative estimate of drug-likeness (QED) is 0.654. The highest BCUT2D eigenvalue weighted by Gasteiger charge is 2.19. The molecule has 0 radical (unpaired) electrons. The molecule has 0 saturated heterocycles. The summed E-state index contributed by atoms with van der Waals surface area (Å²) in [6, 6.07) is 0. The summed E-state index contributed by atoms with van der Waals surface area (Å²) in [5.41, 5.74) is 0. The SMILES string of the molecule is CCCC(CNC(=O)C(C)OCC)C(=O)O. The maximum absolute atomic E-state index is 11.4. The van der Waals surface area contributed by atoms with Crippen LogP contribution in [0, 0.1) is 5.92 Å². The second-order valence-electron chi connectivity index (χ2n) is 3.67. The fourth-order valence-corrected chi connectivity index (χ4v) is 1.35. The van der Waals surface area contributed by atoms with E-state index in [9.17, 15) is 9.59 Å². The molecule has 2 N–H and O–H groups in total. The molecular formula is C11H21NO4. The smallest absolute Gasteiger partial charge is 0.308 e. The van der Waals surface area contributed by atoms with Crippen LogP contribution in [0.5, 0.6) is 0 Å². The Morgan fingerprint density at radius 3 is 2.44 bits per heavy atom. The van der Waals surface area contributed by atoms with E-state index in [1.807, 2.05) is 6.92 Å². The van der Waals surface area contributed by atoms with Crippen LogP contribution in [0.2, 0.25) is 0 Å². The zero-order valence-electron chi connectivity index (χ0n) is 10.2. The third-order valence-corrected chi connectivity index (χ3v) is 2.29. The summed E-state index contributed by atoms with van der Waals surface area (Å²) in [4.78, 5) is 22.3. The Kier molecular flexibility index (Phi) is 7.54. The van der Waals surface area contributed by atoms with Gasteiger partial charge in [-0.25, -0.2) is 0 Å². The maximum Gasteiger partial charge on any atom is 0.308 e. The number of carbonyl (C=O) groups is 2. The molecule has 0 heterocycles. The number of ether oxygens (including phenoxy) is 1. The van der Waals surface area contributed by atoms with Crippen LogP contribution in [0.1, 0.15) is 33.6 Å². The Morgan fingerprint density at radius 2 is 2.00 bits per heavy atom. The molecule has 5 heteroatoms. The van der Waals surface area contributed by atoms with Gasteiger partial charge in [0.25, 0.3) is 0 Å². The fourth-order valence-electron chi connectivity index (χ4n) is 1.35.